The van der Waals surface area contributed by atoms with Crippen LogP contribution in [0.15, 0.2) is 35.4 Å². The van der Waals surface area contributed by atoms with Crippen LogP contribution in [0.25, 0.3) is 16.9 Å². The van der Waals surface area contributed by atoms with E-state index in [-0.39, 0.29) is 23.7 Å². The Hall–Kier alpha value is -3.40. The highest BCUT2D eigenvalue weighted by Gasteiger charge is 2.12. The van der Waals surface area contributed by atoms with Crippen molar-refractivity contribution in [2.24, 2.45) is 0 Å². The van der Waals surface area contributed by atoms with Gasteiger partial charge in [0.1, 0.15) is 0 Å². The monoisotopic (exact) mass is 308 g/mol. The first kappa shape index (κ1) is 14.5. The Kier molecular flexibility index (Phi) is 3.65. The predicted molar refractivity (Wildman–Crippen MR) is 83.4 cm³/mol. The number of benzene rings is 1. The van der Waals surface area contributed by atoms with Crippen molar-refractivity contribution in [3.8, 4) is 18.3 Å². The number of rotatable bonds is 3. The Morgan fingerprint density at radius 2 is 2.30 bits per heavy atom. The maximum atomic E-state index is 12.2. The quantitative estimate of drug-likeness (QED) is 0.581. The molecule has 1 aromatic carbocycles. The van der Waals surface area contributed by atoms with Crippen molar-refractivity contribution in [3.05, 3.63) is 52.1 Å². The van der Waals surface area contributed by atoms with Gasteiger partial charge >= 0.3 is 5.97 Å². The van der Waals surface area contributed by atoms with Crippen LogP contribution in [-0.4, -0.2) is 32.3 Å². The fourth-order valence-corrected chi connectivity index (χ4v) is 2.08. The summed E-state index contributed by atoms with van der Waals surface area (Å²) in [6.07, 6.45) is 8.12. The summed E-state index contributed by atoms with van der Waals surface area (Å²) < 4.78 is 6.20. The third-order valence-electron chi connectivity index (χ3n) is 3.17. The van der Waals surface area contributed by atoms with Crippen LogP contribution >= 0.6 is 0 Å². The van der Waals surface area contributed by atoms with E-state index in [9.17, 15) is 9.59 Å². The van der Waals surface area contributed by atoms with Gasteiger partial charge < -0.3 is 4.74 Å². The average Bonchev–Trinajstić information content (AvgIpc) is 3.05. The largest absolute Gasteiger partial charge is 0.462 e. The van der Waals surface area contributed by atoms with E-state index in [1.165, 1.54) is 17.1 Å². The van der Waals surface area contributed by atoms with E-state index in [1.807, 2.05) is 0 Å². The molecule has 7 nitrogen and oxygen atoms in total. The number of terminal acetylenes is 1. The highest BCUT2D eigenvalue weighted by atomic mass is 16.5. The maximum absolute atomic E-state index is 12.2. The van der Waals surface area contributed by atoms with Crippen molar-refractivity contribution < 1.29 is 9.53 Å². The van der Waals surface area contributed by atoms with Gasteiger partial charge in [0.2, 0.25) is 5.95 Å². The molecule has 114 valence electrons. The number of fused-ring (bicyclic) bond motifs is 1. The van der Waals surface area contributed by atoms with Crippen LogP contribution in [0.5, 0.6) is 0 Å². The SMILES string of the molecule is C#Cc1ccc2nc(-n3cc(C(=O)OCC)cn3)[nH]c(=O)c2c1. The van der Waals surface area contributed by atoms with Gasteiger partial charge in [-0.1, -0.05) is 5.92 Å². The third kappa shape index (κ3) is 2.70. The fraction of sp³-hybridized carbons (Fsp3) is 0.125. The number of carbonyl (C=O) groups is 1. The molecule has 0 spiro atoms. The average molecular weight is 308 g/mol. The van der Waals surface area contributed by atoms with Gasteiger partial charge in [0.25, 0.3) is 5.56 Å². The lowest BCUT2D eigenvalue weighted by Crippen LogP contribution is -2.14. The highest BCUT2D eigenvalue weighted by Crippen LogP contribution is 2.11. The third-order valence-corrected chi connectivity index (χ3v) is 3.17. The molecule has 0 amide bonds. The Balaban J connectivity index is 2.06. The maximum Gasteiger partial charge on any atom is 0.341 e. The number of hydrogen-bond acceptors (Lipinski definition) is 5. The van der Waals surface area contributed by atoms with Crippen LogP contribution in [0.3, 0.4) is 0 Å². The van der Waals surface area contributed by atoms with E-state index in [4.69, 9.17) is 11.2 Å². The minimum Gasteiger partial charge on any atom is -0.462 e. The van der Waals surface area contributed by atoms with Gasteiger partial charge in [-0.15, -0.1) is 6.42 Å². The number of ether oxygens (including phenoxy) is 1. The molecule has 23 heavy (non-hydrogen) atoms. The molecule has 0 bridgehead atoms. The van der Waals surface area contributed by atoms with E-state index in [0.29, 0.717) is 16.5 Å². The lowest BCUT2D eigenvalue weighted by Gasteiger charge is -2.03. The van der Waals surface area contributed by atoms with E-state index in [1.54, 1.807) is 25.1 Å². The molecular weight excluding hydrogens is 296 g/mol. The number of carbonyl (C=O) groups excluding carboxylic acids is 1. The van der Waals surface area contributed by atoms with Gasteiger partial charge in [-0.25, -0.2) is 14.5 Å². The summed E-state index contributed by atoms with van der Waals surface area (Å²) in [5.41, 5.74) is 1.02. The van der Waals surface area contributed by atoms with Crippen LogP contribution < -0.4 is 5.56 Å². The first-order chi connectivity index (χ1) is 11.1. The van der Waals surface area contributed by atoms with Crippen LogP contribution in [-0.2, 0) is 4.74 Å². The normalized spacial score (nSPS) is 10.4. The smallest absolute Gasteiger partial charge is 0.341 e. The summed E-state index contributed by atoms with van der Waals surface area (Å²) in [4.78, 5) is 30.8. The molecule has 0 aliphatic heterocycles. The molecule has 0 aliphatic rings. The topological polar surface area (TPSA) is 89.9 Å². The predicted octanol–water partition coefficient (Wildman–Crippen LogP) is 1.27. The van der Waals surface area contributed by atoms with Gasteiger partial charge in [-0.3, -0.25) is 9.78 Å². The van der Waals surface area contributed by atoms with Gasteiger partial charge in [-0.2, -0.15) is 5.10 Å². The second kappa shape index (κ2) is 5.77. The molecule has 0 atom stereocenters. The molecule has 3 aromatic rings. The first-order valence-electron chi connectivity index (χ1n) is 6.85. The number of nitrogens with one attached hydrogen (secondary N) is 1. The molecule has 0 saturated heterocycles. The molecule has 0 saturated carbocycles. The van der Waals surface area contributed by atoms with Gasteiger partial charge in [0.15, 0.2) is 0 Å². The Morgan fingerprint density at radius 3 is 3.04 bits per heavy atom. The summed E-state index contributed by atoms with van der Waals surface area (Å²) in [6.45, 7) is 1.99. The second-order valence-corrected chi connectivity index (χ2v) is 4.66. The van der Waals surface area contributed by atoms with E-state index in [0.717, 1.165) is 0 Å². The van der Waals surface area contributed by atoms with Gasteiger partial charge in [0, 0.05) is 11.8 Å². The zero-order chi connectivity index (χ0) is 16.4. The van der Waals surface area contributed by atoms with Gasteiger partial charge in [0.05, 0.1) is 29.3 Å². The summed E-state index contributed by atoms with van der Waals surface area (Å²) in [7, 11) is 0. The molecule has 7 heteroatoms. The van der Waals surface area contributed by atoms with E-state index < -0.39 is 5.97 Å². The molecule has 0 unspecified atom stereocenters. The van der Waals surface area contributed by atoms with Crippen molar-refractivity contribution in [1.82, 2.24) is 19.7 Å². The van der Waals surface area contributed by atoms with Crippen LogP contribution in [0.2, 0.25) is 0 Å². The number of aromatic amines is 1. The van der Waals surface area contributed by atoms with E-state index >= 15 is 0 Å². The molecule has 0 radical (unpaired) electrons. The van der Waals surface area contributed by atoms with Crippen LogP contribution in [0.4, 0.5) is 0 Å². The molecule has 0 fully saturated rings. The number of aromatic nitrogens is 4. The van der Waals surface area contributed by atoms with Crippen molar-refractivity contribution in [2.75, 3.05) is 6.61 Å². The van der Waals surface area contributed by atoms with Crippen molar-refractivity contribution in [1.29, 1.82) is 0 Å². The van der Waals surface area contributed by atoms with Crippen molar-refractivity contribution in [3.63, 3.8) is 0 Å². The number of nitrogens with zero attached hydrogens (tertiary/aromatic N) is 3. The van der Waals surface area contributed by atoms with Crippen LogP contribution in [0, 0.1) is 12.3 Å². The fourth-order valence-electron chi connectivity index (χ4n) is 2.08. The van der Waals surface area contributed by atoms with E-state index in [2.05, 4.69) is 21.0 Å². The molecular formula is C16H12N4O3. The highest BCUT2D eigenvalue weighted by molar-refractivity contribution is 5.88. The zero-order valence-corrected chi connectivity index (χ0v) is 12.2. The lowest BCUT2D eigenvalue weighted by molar-refractivity contribution is 0.0526. The lowest BCUT2D eigenvalue weighted by atomic mass is 10.1. The van der Waals surface area contributed by atoms with Gasteiger partial charge in [-0.05, 0) is 25.1 Å². The Bertz CT molecular complexity index is 994. The molecule has 3 rings (SSSR count). The van der Waals surface area contributed by atoms with Crippen molar-refractivity contribution in [2.45, 2.75) is 6.92 Å². The number of hydrogen-bond donors (Lipinski definition) is 1. The second-order valence-electron chi connectivity index (χ2n) is 4.66. The van der Waals surface area contributed by atoms with Crippen molar-refractivity contribution >= 4 is 16.9 Å². The zero-order valence-electron chi connectivity index (χ0n) is 12.2. The molecule has 2 heterocycles. The minimum atomic E-state index is -0.486. The summed E-state index contributed by atoms with van der Waals surface area (Å²) in [6, 6.07) is 4.96. The Labute approximate surface area is 130 Å². The summed E-state index contributed by atoms with van der Waals surface area (Å²) >= 11 is 0. The molecule has 0 aliphatic carbocycles. The minimum absolute atomic E-state index is 0.200. The first-order valence-corrected chi connectivity index (χ1v) is 6.85. The summed E-state index contributed by atoms with van der Waals surface area (Å²) in [5, 5.41) is 4.41. The number of esters is 1. The van der Waals surface area contributed by atoms with Crippen LogP contribution in [0.1, 0.15) is 22.8 Å². The number of H-pyrrole nitrogens is 1. The molecule has 1 N–H and O–H groups in total. The summed E-state index contributed by atoms with van der Waals surface area (Å²) in [5.74, 6) is 2.19. The molecule has 2 aromatic heterocycles. The Morgan fingerprint density at radius 1 is 1.48 bits per heavy atom. The standard InChI is InChI=1S/C16H12N4O3/c1-3-10-5-6-13-12(7-10)14(21)19-16(18-13)20-9-11(8-17-20)15(22)23-4-2/h1,5-9H,4H2,2H3,(H,18,19,21).